The SMILES string of the molecule is CC.CC.FC1(F)c2ccccc2C(F)(F)C(F)(F)C1(F)F. The first kappa shape index (κ1) is 20.7. The van der Waals surface area contributed by atoms with Gasteiger partial charge < -0.3 is 0 Å². The summed E-state index contributed by atoms with van der Waals surface area (Å²) in [5.41, 5.74) is -3.57. The van der Waals surface area contributed by atoms with Crippen molar-refractivity contribution in [3.05, 3.63) is 35.4 Å². The molecule has 0 saturated carbocycles. The molecule has 0 atom stereocenters. The zero-order valence-corrected chi connectivity index (χ0v) is 12.3. The molecule has 0 aliphatic heterocycles. The van der Waals surface area contributed by atoms with Gasteiger partial charge in [-0.1, -0.05) is 52.0 Å². The van der Waals surface area contributed by atoms with Crippen molar-refractivity contribution in [2.45, 2.75) is 51.4 Å². The summed E-state index contributed by atoms with van der Waals surface area (Å²) in [7, 11) is 0. The van der Waals surface area contributed by atoms with E-state index in [2.05, 4.69) is 0 Å². The van der Waals surface area contributed by atoms with Crippen molar-refractivity contribution < 1.29 is 35.1 Å². The quantitative estimate of drug-likeness (QED) is 0.494. The van der Waals surface area contributed by atoms with E-state index in [1.54, 1.807) is 0 Å². The minimum atomic E-state index is -6.17. The molecule has 0 heterocycles. The minimum absolute atomic E-state index is 0.284. The number of alkyl halides is 8. The first-order valence-electron chi connectivity index (χ1n) is 6.59. The van der Waals surface area contributed by atoms with Crippen LogP contribution in [0.1, 0.15) is 38.8 Å². The van der Waals surface area contributed by atoms with Gasteiger partial charge in [0.2, 0.25) is 0 Å². The zero-order chi connectivity index (χ0) is 18.0. The van der Waals surface area contributed by atoms with Gasteiger partial charge >= 0.3 is 23.7 Å². The molecule has 0 unspecified atom stereocenters. The van der Waals surface area contributed by atoms with E-state index < -0.39 is 34.8 Å². The predicted molar refractivity (Wildman–Crippen MR) is 66.8 cm³/mol. The summed E-state index contributed by atoms with van der Waals surface area (Å²) in [5, 5.41) is 0. The van der Waals surface area contributed by atoms with E-state index in [4.69, 9.17) is 0 Å². The van der Waals surface area contributed by atoms with Crippen molar-refractivity contribution in [3.63, 3.8) is 0 Å². The molecular formula is C14H16F8. The molecule has 0 amide bonds. The molecule has 0 nitrogen and oxygen atoms in total. The lowest BCUT2D eigenvalue weighted by atomic mass is 9.80. The van der Waals surface area contributed by atoms with Crippen LogP contribution in [0.5, 0.6) is 0 Å². The van der Waals surface area contributed by atoms with Gasteiger partial charge in [-0.2, -0.15) is 35.1 Å². The topological polar surface area (TPSA) is 0 Å². The highest BCUT2D eigenvalue weighted by molar-refractivity contribution is 5.42. The molecule has 22 heavy (non-hydrogen) atoms. The van der Waals surface area contributed by atoms with Crippen LogP contribution in [0.25, 0.3) is 0 Å². The fourth-order valence-electron chi connectivity index (χ4n) is 1.76. The van der Waals surface area contributed by atoms with Crippen molar-refractivity contribution in [2.24, 2.45) is 0 Å². The lowest BCUT2D eigenvalue weighted by molar-refractivity contribution is -0.386. The molecule has 1 aromatic carbocycles. The van der Waals surface area contributed by atoms with Crippen molar-refractivity contribution in [1.82, 2.24) is 0 Å². The van der Waals surface area contributed by atoms with E-state index in [0.29, 0.717) is 0 Å². The van der Waals surface area contributed by atoms with Gasteiger partial charge in [0.1, 0.15) is 0 Å². The van der Waals surface area contributed by atoms with Gasteiger partial charge in [0.15, 0.2) is 0 Å². The van der Waals surface area contributed by atoms with Crippen LogP contribution in [0.3, 0.4) is 0 Å². The third kappa shape index (κ3) is 2.46. The number of benzene rings is 1. The van der Waals surface area contributed by atoms with Crippen LogP contribution in [0.15, 0.2) is 24.3 Å². The molecule has 0 bridgehead atoms. The summed E-state index contributed by atoms with van der Waals surface area (Å²) in [6.07, 6.45) is 0. The fourth-order valence-corrected chi connectivity index (χ4v) is 1.76. The average molecular weight is 336 g/mol. The summed E-state index contributed by atoms with van der Waals surface area (Å²) in [4.78, 5) is 0. The van der Waals surface area contributed by atoms with Gasteiger partial charge in [-0.15, -0.1) is 0 Å². The van der Waals surface area contributed by atoms with Crippen LogP contribution in [0.4, 0.5) is 35.1 Å². The van der Waals surface area contributed by atoms with Crippen molar-refractivity contribution >= 4 is 0 Å². The van der Waals surface area contributed by atoms with E-state index in [1.165, 1.54) is 0 Å². The standard InChI is InChI=1S/C10H4F8.2C2H6/c11-7(12)5-3-1-2-4-6(5)8(13,14)10(17,18)9(7,15)16;2*1-2/h1-4H;2*1-2H3. The van der Waals surface area contributed by atoms with Crippen LogP contribution < -0.4 is 0 Å². The Morgan fingerprint density at radius 2 is 0.773 bits per heavy atom. The smallest absolute Gasteiger partial charge is 0.194 e. The van der Waals surface area contributed by atoms with E-state index in [0.717, 1.165) is 12.1 Å². The highest BCUT2D eigenvalue weighted by Crippen LogP contribution is 2.64. The molecule has 0 fully saturated rings. The molecule has 1 aromatic rings. The lowest BCUT2D eigenvalue weighted by Crippen LogP contribution is -2.63. The first-order chi connectivity index (χ1) is 9.98. The third-order valence-corrected chi connectivity index (χ3v) is 2.79. The highest BCUT2D eigenvalue weighted by Gasteiger charge is 2.85. The largest absolute Gasteiger partial charge is 0.382 e. The highest BCUT2D eigenvalue weighted by atomic mass is 19.4. The summed E-state index contributed by atoms with van der Waals surface area (Å²) >= 11 is 0. The molecule has 2 rings (SSSR count). The Morgan fingerprint density at radius 3 is 1.00 bits per heavy atom. The lowest BCUT2D eigenvalue weighted by Gasteiger charge is -2.42. The van der Waals surface area contributed by atoms with E-state index in [-0.39, 0.29) is 12.1 Å². The number of halogens is 8. The molecular weight excluding hydrogens is 320 g/mol. The van der Waals surface area contributed by atoms with Crippen LogP contribution in [0.2, 0.25) is 0 Å². The van der Waals surface area contributed by atoms with Crippen molar-refractivity contribution in [2.75, 3.05) is 0 Å². The van der Waals surface area contributed by atoms with Gasteiger partial charge in [0.25, 0.3) is 0 Å². The third-order valence-electron chi connectivity index (χ3n) is 2.79. The molecule has 1 aliphatic carbocycles. The number of hydrogen-bond acceptors (Lipinski definition) is 0. The van der Waals surface area contributed by atoms with Crippen LogP contribution >= 0.6 is 0 Å². The maximum Gasteiger partial charge on any atom is 0.382 e. The maximum atomic E-state index is 13.3. The van der Waals surface area contributed by atoms with Gasteiger partial charge in [-0.05, 0) is 0 Å². The molecule has 0 saturated heterocycles. The van der Waals surface area contributed by atoms with Crippen LogP contribution in [-0.4, -0.2) is 11.8 Å². The Kier molecular flexibility index (Phi) is 6.03. The summed E-state index contributed by atoms with van der Waals surface area (Å²) in [6.45, 7) is 8.00. The molecule has 0 spiro atoms. The second kappa shape index (κ2) is 6.42. The Bertz CT molecular complexity index is 448. The molecule has 0 N–H and O–H groups in total. The Morgan fingerprint density at radius 1 is 0.545 bits per heavy atom. The second-order valence-corrected chi connectivity index (χ2v) is 3.84. The normalized spacial score (nSPS) is 22.2. The Labute approximate surface area is 123 Å². The van der Waals surface area contributed by atoms with Crippen LogP contribution in [-0.2, 0) is 11.8 Å². The Hall–Kier alpha value is -1.34. The number of fused-ring (bicyclic) bond motifs is 1. The molecule has 0 radical (unpaired) electrons. The van der Waals surface area contributed by atoms with Crippen molar-refractivity contribution in [3.8, 4) is 0 Å². The minimum Gasteiger partial charge on any atom is -0.194 e. The van der Waals surface area contributed by atoms with E-state index >= 15 is 0 Å². The summed E-state index contributed by atoms with van der Waals surface area (Å²) < 4.78 is 105. The van der Waals surface area contributed by atoms with Crippen LogP contribution in [0, 0.1) is 0 Å². The fraction of sp³-hybridized carbons (Fsp3) is 0.571. The average Bonchev–Trinajstić information content (AvgIpc) is 2.49. The molecule has 1 aliphatic rings. The summed E-state index contributed by atoms with van der Waals surface area (Å²) in [6, 6.07) is 2.16. The van der Waals surface area contributed by atoms with Gasteiger partial charge in [0, 0.05) is 11.1 Å². The van der Waals surface area contributed by atoms with E-state index in [9.17, 15) is 35.1 Å². The zero-order valence-electron chi connectivity index (χ0n) is 12.3. The van der Waals surface area contributed by atoms with E-state index in [1.807, 2.05) is 27.7 Å². The molecule has 8 heteroatoms. The predicted octanol–water partition coefficient (Wildman–Crippen LogP) is 6.21. The van der Waals surface area contributed by atoms with Gasteiger partial charge in [-0.3, -0.25) is 0 Å². The molecule has 0 aromatic heterocycles. The number of hydrogen-bond donors (Lipinski definition) is 0. The second-order valence-electron chi connectivity index (χ2n) is 3.84. The van der Waals surface area contributed by atoms with Gasteiger partial charge in [0.05, 0.1) is 0 Å². The molecule has 128 valence electrons. The maximum absolute atomic E-state index is 13.3. The van der Waals surface area contributed by atoms with Gasteiger partial charge in [-0.25, -0.2) is 0 Å². The monoisotopic (exact) mass is 336 g/mol. The summed E-state index contributed by atoms with van der Waals surface area (Å²) in [5.74, 6) is -23.1. The Balaban J connectivity index is 0.00000102. The first-order valence-corrected chi connectivity index (χ1v) is 6.59. The number of rotatable bonds is 0. The van der Waals surface area contributed by atoms with Crippen molar-refractivity contribution in [1.29, 1.82) is 0 Å².